The van der Waals surface area contributed by atoms with E-state index in [2.05, 4.69) is 15.0 Å². The molecule has 0 spiro atoms. The van der Waals surface area contributed by atoms with E-state index in [0.29, 0.717) is 22.8 Å². The van der Waals surface area contributed by atoms with Crippen LogP contribution in [0.15, 0.2) is 47.4 Å². The molecular formula is C19H17ClFN3O3S2. The highest BCUT2D eigenvalue weighted by Crippen LogP contribution is 2.28. The summed E-state index contributed by atoms with van der Waals surface area (Å²) in [6.45, 7) is 1.77. The van der Waals surface area contributed by atoms with Gasteiger partial charge in [0.2, 0.25) is 10.0 Å². The van der Waals surface area contributed by atoms with E-state index < -0.39 is 15.9 Å². The fourth-order valence-electron chi connectivity index (χ4n) is 2.59. The first-order valence-electron chi connectivity index (χ1n) is 8.45. The molecule has 3 aromatic rings. The largest absolute Gasteiger partial charge is 0.298 e. The predicted molar refractivity (Wildman–Crippen MR) is 112 cm³/mol. The summed E-state index contributed by atoms with van der Waals surface area (Å²) < 4.78 is 40.0. The lowest BCUT2D eigenvalue weighted by atomic mass is 10.1. The van der Waals surface area contributed by atoms with Crippen molar-refractivity contribution in [1.29, 1.82) is 0 Å². The third-order valence-electron chi connectivity index (χ3n) is 4.18. The molecule has 1 heterocycles. The highest BCUT2D eigenvalue weighted by atomic mass is 35.5. The highest BCUT2D eigenvalue weighted by Gasteiger charge is 2.19. The lowest BCUT2D eigenvalue weighted by Gasteiger charge is -2.07. The SMILES string of the molecule is CNS(=O)(=O)c1ccc(Cl)c(C(=O)Nc2nc(C)c(Cc3ccccc3F)s2)c1. The molecule has 0 aliphatic rings. The van der Waals surface area contributed by atoms with Crippen LogP contribution in [-0.4, -0.2) is 26.4 Å². The number of aryl methyl sites for hydroxylation is 1. The maximum Gasteiger partial charge on any atom is 0.259 e. The molecule has 0 saturated carbocycles. The topological polar surface area (TPSA) is 88.2 Å². The monoisotopic (exact) mass is 453 g/mol. The van der Waals surface area contributed by atoms with Crippen LogP contribution in [0.25, 0.3) is 0 Å². The van der Waals surface area contributed by atoms with Gasteiger partial charge in [0.25, 0.3) is 5.91 Å². The van der Waals surface area contributed by atoms with Crippen LogP contribution in [-0.2, 0) is 16.4 Å². The number of sulfonamides is 1. The van der Waals surface area contributed by atoms with Gasteiger partial charge >= 0.3 is 0 Å². The van der Waals surface area contributed by atoms with Crippen LogP contribution >= 0.6 is 22.9 Å². The maximum atomic E-state index is 13.9. The standard InChI is InChI=1S/C19H17ClFN3O3S2/c1-11-17(9-12-5-3-4-6-16(12)21)28-19(23-11)24-18(25)14-10-13(7-8-15(14)20)29(26,27)22-2/h3-8,10,22H,9H2,1-2H3,(H,23,24,25). The maximum absolute atomic E-state index is 13.9. The molecule has 0 aliphatic heterocycles. The van der Waals surface area contributed by atoms with Crippen molar-refractivity contribution >= 4 is 44.0 Å². The van der Waals surface area contributed by atoms with E-state index in [-0.39, 0.29) is 21.3 Å². The van der Waals surface area contributed by atoms with Crippen LogP contribution in [0.2, 0.25) is 5.02 Å². The number of nitrogens with one attached hydrogen (secondary N) is 2. The van der Waals surface area contributed by atoms with Crippen molar-refractivity contribution in [2.45, 2.75) is 18.2 Å². The van der Waals surface area contributed by atoms with Gasteiger partial charge in [-0.25, -0.2) is 22.5 Å². The van der Waals surface area contributed by atoms with Crippen LogP contribution < -0.4 is 10.0 Å². The lowest BCUT2D eigenvalue weighted by Crippen LogP contribution is -2.20. The first-order valence-corrected chi connectivity index (χ1v) is 11.1. The van der Waals surface area contributed by atoms with Crippen molar-refractivity contribution in [3.05, 3.63) is 75.0 Å². The second kappa shape index (κ2) is 8.58. The number of benzene rings is 2. The number of halogens is 2. The second-order valence-electron chi connectivity index (χ2n) is 6.10. The Morgan fingerprint density at radius 1 is 1.24 bits per heavy atom. The Kier molecular flexibility index (Phi) is 6.33. The van der Waals surface area contributed by atoms with Crippen molar-refractivity contribution in [2.24, 2.45) is 0 Å². The molecule has 29 heavy (non-hydrogen) atoms. The number of thiazole rings is 1. The van der Waals surface area contributed by atoms with Gasteiger partial charge in [-0.05, 0) is 43.8 Å². The van der Waals surface area contributed by atoms with E-state index in [9.17, 15) is 17.6 Å². The van der Waals surface area contributed by atoms with Gasteiger partial charge in [0.15, 0.2) is 5.13 Å². The summed E-state index contributed by atoms with van der Waals surface area (Å²) in [6, 6.07) is 10.3. The molecule has 1 aromatic heterocycles. The van der Waals surface area contributed by atoms with Gasteiger partial charge < -0.3 is 0 Å². The van der Waals surface area contributed by atoms with Gasteiger partial charge in [0.1, 0.15) is 5.82 Å². The molecule has 0 fully saturated rings. The fraction of sp³-hybridized carbons (Fsp3) is 0.158. The smallest absolute Gasteiger partial charge is 0.259 e. The molecule has 6 nitrogen and oxygen atoms in total. The molecule has 0 bridgehead atoms. The van der Waals surface area contributed by atoms with Crippen molar-refractivity contribution in [2.75, 3.05) is 12.4 Å². The van der Waals surface area contributed by atoms with Crippen LogP contribution in [0.3, 0.4) is 0 Å². The lowest BCUT2D eigenvalue weighted by molar-refractivity contribution is 0.102. The Morgan fingerprint density at radius 3 is 2.66 bits per heavy atom. The quantitative estimate of drug-likeness (QED) is 0.590. The van der Waals surface area contributed by atoms with Crippen LogP contribution in [0.4, 0.5) is 9.52 Å². The molecule has 0 aliphatic carbocycles. The Balaban J connectivity index is 1.83. The average Bonchev–Trinajstić information content (AvgIpc) is 3.02. The van der Waals surface area contributed by atoms with Gasteiger partial charge in [-0.1, -0.05) is 29.8 Å². The molecular weight excluding hydrogens is 437 g/mol. The summed E-state index contributed by atoms with van der Waals surface area (Å²) >= 11 is 7.30. The van der Waals surface area contributed by atoms with Crippen molar-refractivity contribution < 1.29 is 17.6 Å². The summed E-state index contributed by atoms with van der Waals surface area (Å²) in [5.41, 5.74) is 1.21. The number of carbonyl (C=O) groups is 1. The number of anilines is 1. The third kappa shape index (κ3) is 4.81. The summed E-state index contributed by atoms with van der Waals surface area (Å²) in [5.74, 6) is -0.894. The number of rotatable bonds is 6. The zero-order chi connectivity index (χ0) is 21.2. The van der Waals surface area contributed by atoms with Crippen LogP contribution in [0.5, 0.6) is 0 Å². The molecule has 0 saturated heterocycles. The summed E-state index contributed by atoms with van der Waals surface area (Å²) in [4.78, 5) is 17.7. The van der Waals surface area contributed by atoms with Gasteiger partial charge in [0.05, 0.1) is 21.2 Å². The molecule has 10 heteroatoms. The number of amides is 1. The zero-order valence-electron chi connectivity index (χ0n) is 15.5. The van der Waals surface area contributed by atoms with E-state index in [0.717, 1.165) is 4.88 Å². The average molecular weight is 454 g/mol. The van der Waals surface area contributed by atoms with Crippen LogP contribution in [0.1, 0.15) is 26.5 Å². The normalized spacial score (nSPS) is 11.4. The summed E-state index contributed by atoms with van der Waals surface area (Å²) in [5, 5.41) is 3.06. The van der Waals surface area contributed by atoms with Gasteiger partial charge in [-0.3, -0.25) is 10.1 Å². The van der Waals surface area contributed by atoms with E-state index in [1.807, 2.05) is 0 Å². The van der Waals surface area contributed by atoms with Gasteiger partial charge in [-0.2, -0.15) is 0 Å². The molecule has 3 rings (SSSR count). The van der Waals surface area contributed by atoms with Gasteiger partial charge in [-0.15, -0.1) is 11.3 Å². The Hall–Kier alpha value is -2.33. The minimum Gasteiger partial charge on any atom is -0.298 e. The van der Waals surface area contributed by atoms with E-state index in [1.54, 1.807) is 25.1 Å². The Bertz CT molecular complexity index is 1180. The fourth-order valence-corrected chi connectivity index (χ4v) is 4.53. The summed E-state index contributed by atoms with van der Waals surface area (Å²) in [6.07, 6.45) is 0.350. The van der Waals surface area contributed by atoms with Crippen molar-refractivity contribution in [3.63, 3.8) is 0 Å². The summed E-state index contributed by atoms with van der Waals surface area (Å²) in [7, 11) is -2.45. The second-order valence-corrected chi connectivity index (χ2v) is 9.48. The molecule has 0 atom stereocenters. The van der Waals surface area contributed by atoms with E-state index in [4.69, 9.17) is 11.6 Å². The molecule has 152 valence electrons. The van der Waals surface area contributed by atoms with E-state index in [1.165, 1.54) is 42.6 Å². The molecule has 2 N–H and O–H groups in total. The minimum atomic E-state index is -3.72. The number of aromatic nitrogens is 1. The van der Waals surface area contributed by atoms with Gasteiger partial charge in [0, 0.05) is 11.3 Å². The zero-order valence-corrected chi connectivity index (χ0v) is 17.9. The number of carbonyl (C=O) groups excluding carboxylic acids is 1. The van der Waals surface area contributed by atoms with Crippen molar-refractivity contribution in [1.82, 2.24) is 9.71 Å². The predicted octanol–water partition coefficient (Wildman–Crippen LogP) is 4.00. The Labute approximate surface area is 176 Å². The van der Waals surface area contributed by atoms with Crippen LogP contribution in [0, 0.1) is 12.7 Å². The molecule has 0 radical (unpaired) electrons. The first kappa shape index (κ1) is 21.4. The molecule has 2 aromatic carbocycles. The van der Waals surface area contributed by atoms with E-state index >= 15 is 0 Å². The number of nitrogens with zero attached hydrogens (tertiary/aromatic N) is 1. The number of hydrogen-bond acceptors (Lipinski definition) is 5. The minimum absolute atomic E-state index is 0.00602. The molecule has 1 amide bonds. The third-order valence-corrected chi connectivity index (χ3v) is 7.00. The number of hydrogen-bond donors (Lipinski definition) is 2. The van der Waals surface area contributed by atoms with Crippen molar-refractivity contribution in [3.8, 4) is 0 Å². The first-order chi connectivity index (χ1) is 13.7. The highest BCUT2D eigenvalue weighted by molar-refractivity contribution is 7.89. The Morgan fingerprint density at radius 2 is 1.97 bits per heavy atom. The molecule has 0 unspecified atom stereocenters.